The molecule has 0 aromatic rings. The number of ketones is 1. The first kappa shape index (κ1) is 13.5. The van der Waals surface area contributed by atoms with Crippen molar-refractivity contribution in [1.82, 2.24) is 0 Å². The summed E-state index contributed by atoms with van der Waals surface area (Å²) < 4.78 is 16.0. The first-order valence-corrected chi connectivity index (χ1v) is 6.59. The minimum absolute atomic E-state index is 0.0277. The standard InChI is InChI=1S/C13H20O5/c1-2-17-12(15)13(8-10-4-3-6-18-10)9-16-7-5-11(13)14/h10H,2-9H2,1H3. The van der Waals surface area contributed by atoms with Gasteiger partial charge in [0.2, 0.25) is 0 Å². The Labute approximate surface area is 107 Å². The molecule has 102 valence electrons. The van der Waals surface area contributed by atoms with Crippen molar-refractivity contribution >= 4 is 11.8 Å². The van der Waals surface area contributed by atoms with E-state index in [1.54, 1.807) is 6.92 Å². The number of carbonyl (C=O) groups is 2. The fraction of sp³-hybridized carbons (Fsp3) is 0.846. The van der Waals surface area contributed by atoms with E-state index in [4.69, 9.17) is 14.2 Å². The number of rotatable bonds is 4. The molecule has 18 heavy (non-hydrogen) atoms. The van der Waals surface area contributed by atoms with Crippen molar-refractivity contribution in [3.8, 4) is 0 Å². The number of Topliss-reactive ketones (excluding diaryl/α,β-unsaturated/α-hetero) is 1. The molecule has 5 heteroatoms. The van der Waals surface area contributed by atoms with Crippen molar-refractivity contribution in [2.75, 3.05) is 26.4 Å². The van der Waals surface area contributed by atoms with Crippen LogP contribution in [0.25, 0.3) is 0 Å². The van der Waals surface area contributed by atoms with Gasteiger partial charge in [0, 0.05) is 13.0 Å². The maximum absolute atomic E-state index is 12.2. The minimum Gasteiger partial charge on any atom is -0.465 e. The van der Waals surface area contributed by atoms with Crippen molar-refractivity contribution in [3.05, 3.63) is 0 Å². The molecular formula is C13H20O5. The van der Waals surface area contributed by atoms with E-state index in [2.05, 4.69) is 0 Å². The SMILES string of the molecule is CCOC(=O)C1(CC2CCCO2)COCCC1=O. The van der Waals surface area contributed by atoms with Gasteiger partial charge in [0.15, 0.2) is 11.2 Å². The van der Waals surface area contributed by atoms with E-state index >= 15 is 0 Å². The van der Waals surface area contributed by atoms with Gasteiger partial charge in [0.1, 0.15) is 0 Å². The van der Waals surface area contributed by atoms with Gasteiger partial charge >= 0.3 is 5.97 Å². The lowest BCUT2D eigenvalue weighted by Gasteiger charge is -2.34. The van der Waals surface area contributed by atoms with Crippen LogP contribution in [0.4, 0.5) is 0 Å². The molecule has 2 unspecified atom stereocenters. The fourth-order valence-corrected chi connectivity index (χ4v) is 2.62. The maximum atomic E-state index is 12.2. The van der Waals surface area contributed by atoms with Gasteiger partial charge in [0.25, 0.3) is 0 Å². The molecule has 0 aromatic heterocycles. The second-order valence-electron chi connectivity index (χ2n) is 4.87. The highest BCUT2D eigenvalue weighted by atomic mass is 16.5. The van der Waals surface area contributed by atoms with Crippen molar-refractivity contribution in [2.24, 2.45) is 5.41 Å². The Kier molecular flexibility index (Phi) is 4.35. The maximum Gasteiger partial charge on any atom is 0.322 e. The molecule has 0 amide bonds. The second kappa shape index (κ2) is 5.80. The minimum atomic E-state index is -1.14. The van der Waals surface area contributed by atoms with Crippen LogP contribution in [-0.2, 0) is 23.8 Å². The van der Waals surface area contributed by atoms with Gasteiger partial charge in [-0.2, -0.15) is 0 Å². The summed E-state index contributed by atoms with van der Waals surface area (Å²) in [5.74, 6) is -0.520. The molecule has 2 atom stereocenters. The Morgan fingerprint density at radius 2 is 2.33 bits per heavy atom. The molecule has 2 aliphatic rings. The predicted molar refractivity (Wildman–Crippen MR) is 63.1 cm³/mol. The van der Waals surface area contributed by atoms with Crippen molar-refractivity contribution in [3.63, 3.8) is 0 Å². The number of hydrogen-bond donors (Lipinski definition) is 0. The van der Waals surface area contributed by atoms with Crippen LogP contribution < -0.4 is 0 Å². The largest absolute Gasteiger partial charge is 0.465 e. The highest BCUT2D eigenvalue weighted by Gasteiger charge is 2.50. The third kappa shape index (κ3) is 2.57. The zero-order valence-electron chi connectivity index (χ0n) is 10.8. The van der Waals surface area contributed by atoms with Crippen molar-refractivity contribution in [2.45, 2.75) is 38.7 Å². The summed E-state index contributed by atoms with van der Waals surface area (Å²) in [6, 6.07) is 0. The van der Waals surface area contributed by atoms with E-state index in [0.717, 1.165) is 12.8 Å². The second-order valence-corrected chi connectivity index (χ2v) is 4.87. The summed E-state index contributed by atoms with van der Waals surface area (Å²) >= 11 is 0. The lowest BCUT2D eigenvalue weighted by molar-refractivity contribution is -0.172. The quantitative estimate of drug-likeness (QED) is 0.556. The average molecular weight is 256 g/mol. The zero-order valence-corrected chi connectivity index (χ0v) is 10.8. The van der Waals surface area contributed by atoms with Crippen LogP contribution in [0.2, 0.25) is 0 Å². The van der Waals surface area contributed by atoms with Crippen LogP contribution in [-0.4, -0.2) is 44.3 Å². The van der Waals surface area contributed by atoms with Crippen LogP contribution in [0.5, 0.6) is 0 Å². The van der Waals surface area contributed by atoms with Gasteiger partial charge < -0.3 is 14.2 Å². The Hall–Kier alpha value is -0.940. The summed E-state index contributed by atoms with van der Waals surface area (Å²) in [5, 5.41) is 0. The Bertz CT molecular complexity index is 321. The predicted octanol–water partition coefficient (Wildman–Crippen LogP) is 1.09. The van der Waals surface area contributed by atoms with Crippen molar-refractivity contribution < 1.29 is 23.8 Å². The number of hydrogen-bond acceptors (Lipinski definition) is 5. The lowest BCUT2D eigenvalue weighted by Crippen LogP contribution is -2.49. The van der Waals surface area contributed by atoms with Gasteiger partial charge in [-0.3, -0.25) is 9.59 Å². The van der Waals surface area contributed by atoms with Crippen molar-refractivity contribution in [1.29, 1.82) is 0 Å². The molecule has 2 aliphatic heterocycles. The van der Waals surface area contributed by atoms with Crippen LogP contribution in [0.1, 0.15) is 32.6 Å². The summed E-state index contributed by atoms with van der Waals surface area (Å²) in [4.78, 5) is 24.3. The van der Waals surface area contributed by atoms with Gasteiger partial charge in [-0.1, -0.05) is 0 Å². The number of ether oxygens (including phenoxy) is 3. The molecular weight excluding hydrogens is 236 g/mol. The summed E-state index contributed by atoms with van der Waals surface area (Å²) in [6.45, 7) is 3.25. The monoisotopic (exact) mass is 256 g/mol. The first-order chi connectivity index (χ1) is 8.69. The van der Waals surface area contributed by atoms with Crippen LogP contribution >= 0.6 is 0 Å². The molecule has 0 N–H and O–H groups in total. The highest BCUT2D eigenvalue weighted by molar-refractivity contribution is 6.04. The molecule has 0 radical (unpaired) electrons. The van der Waals surface area contributed by atoms with Crippen LogP contribution in [0.15, 0.2) is 0 Å². The topological polar surface area (TPSA) is 61.8 Å². The smallest absolute Gasteiger partial charge is 0.322 e. The normalized spacial score (nSPS) is 32.5. The van der Waals surface area contributed by atoms with Gasteiger partial charge in [-0.15, -0.1) is 0 Å². The molecule has 2 fully saturated rings. The Morgan fingerprint density at radius 1 is 1.50 bits per heavy atom. The summed E-state index contributed by atoms with van der Waals surface area (Å²) in [5.41, 5.74) is -1.14. The molecule has 5 nitrogen and oxygen atoms in total. The zero-order chi connectivity index (χ0) is 13.0. The summed E-state index contributed by atoms with van der Waals surface area (Å²) in [6.07, 6.45) is 2.53. The van der Waals surface area contributed by atoms with E-state index in [1.165, 1.54) is 0 Å². The van der Waals surface area contributed by atoms with E-state index < -0.39 is 11.4 Å². The lowest BCUT2D eigenvalue weighted by atomic mass is 9.76. The third-order valence-corrected chi connectivity index (χ3v) is 3.62. The molecule has 2 saturated heterocycles. The fourth-order valence-electron chi connectivity index (χ4n) is 2.62. The van der Waals surface area contributed by atoms with E-state index in [9.17, 15) is 9.59 Å². The van der Waals surface area contributed by atoms with Gasteiger partial charge in [0.05, 0.1) is 25.9 Å². The Balaban J connectivity index is 2.14. The van der Waals surface area contributed by atoms with E-state index in [1.807, 2.05) is 0 Å². The average Bonchev–Trinajstić information content (AvgIpc) is 2.85. The van der Waals surface area contributed by atoms with E-state index in [-0.39, 0.29) is 31.5 Å². The molecule has 0 bridgehead atoms. The molecule has 0 aliphatic carbocycles. The van der Waals surface area contributed by atoms with Crippen LogP contribution in [0, 0.1) is 5.41 Å². The molecule has 2 rings (SSSR count). The summed E-state index contributed by atoms with van der Waals surface area (Å²) in [7, 11) is 0. The first-order valence-electron chi connectivity index (χ1n) is 6.59. The van der Waals surface area contributed by atoms with Crippen LogP contribution in [0.3, 0.4) is 0 Å². The van der Waals surface area contributed by atoms with Gasteiger partial charge in [-0.25, -0.2) is 0 Å². The Morgan fingerprint density at radius 3 is 2.94 bits per heavy atom. The number of carbonyl (C=O) groups excluding carboxylic acids is 2. The molecule has 0 aromatic carbocycles. The van der Waals surface area contributed by atoms with E-state index in [0.29, 0.717) is 19.6 Å². The van der Waals surface area contributed by atoms with Gasteiger partial charge in [-0.05, 0) is 26.2 Å². The third-order valence-electron chi connectivity index (χ3n) is 3.62. The number of esters is 1. The molecule has 0 saturated carbocycles. The molecule has 2 heterocycles. The highest BCUT2D eigenvalue weighted by Crippen LogP contribution is 2.35. The molecule has 0 spiro atoms.